The number of ether oxygens (including phenoxy) is 1. The van der Waals surface area contributed by atoms with Crippen LogP contribution in [0.2, 0.25) is 10.0 Å². The highest BCUT2D eigenvalue weighted by Gasteiger charge is 2.27. The lowest BCUT2D eigenvalue weighted by atomic mass is 10.2. The molecule has 0 aliphatic carbocycles. The molecule has 0 spiro atoms. The summed E-state index contributed by atoms with van der Waals surface area (Å²) in [7, 11) is 1.70. The molecule has 1 atom stereocenters. The van der Waals surface area contributed by atoms with E-state index < -0.39 is 0 Å². The van der Waals surface area contributed by atoms with Gasteiger partial charge in [-0.15, -0.1) is 0 Å². The number of fused-ring (bicyclic) bond motifs is 1. The number of hydrogen-bond donors (Lipinski definition) is 0. The third-order valence-electron chi connectivity index (χ3n) is 2.62. The molecular formula is C11H11Cl2NO2. The molecule has 1 aliphatic rings. The molecule has 1 aromatic rings. The largest absolute Gasteiger partial charge is 0.489 e. The maximum absolute atomic E-state index is 11.9. The Balaban J connectivity index is 2.56. The van der Waals surface area contributed by atoms with Gasteiger partial charge in [-0.3, -0.25) is 4.79 Å². The van der Waals surface area contributed by atoms with Crippen molar-refractivity contribution in [2.45, 2.75) is 6.92 Å². The van der Waals surface area contributed by atoms with Crippen molar-refractivity contribution >= 4 is 34.8 Å². The van der Waals surface area contributed by atoms with Gasteiger partial charge in [-0.05, 0) is 12.1 Å². The van der Waals surface area contributed by atoms with Gasteiger partial charge in [0.15, 0.2) is 5.75 Å². The molecule has 0 saturated carbocycles. The summed E-state index contributed by atoms with van der Waals surface area (Å²) in [5.74, 6) is 0.304. The van der Waals surface area contributed by atoms with Crippen molar-refractivity contribution < 1.29 is 9.53 Å². The first-order valence-electron chi connectivity index (χ1n) is 4.90. The van der Waals surface area contributed by atoms with Crippen LogP contribution in [0, 0.1) is 5.92 Å². The lowest BCUT2D eigenvalue weighted by Crippen LogP contribution is -2.31. The van der Waals surface area contributed by atoms with Crippen molar-refractivity contribution in [3.63, 3.8) is 0 Å². The fraction of sp³-hybridized carbons (Fsp3) is 0.364. The van der Waals surface area contributed by atoms with Gasteiger partial charge in [0.25, 0.3) is 0 Å². The van der Waals surface area contributed by atoms with Gasteiger partial charge in [0.05, 0.1) is 23.2 Å². The maximum Gasteiger partial charge on any atom is 0.233 e. The lowest BCUT2D eigenvalue weighted by Gasteiger charge is -2.18. The molecule has 1 amide bonds. The van der Waals surface area contributed by atoms with Gasteiger partial charge < -0.3 is 9.64 Å². The van der Waals surface area contributed by atoms with Crippen molar-refractivity contribution in [1.82, 2.24) is 0 Å². The van der Waals surface area contributed by atoms with E-state index in [0.717, 1.165) is 0 Å². The highest BCUT2D eigenvalue weighted by molar-refractivity contribution is 6.43. The van der Waals surface area contributed by atoms with Crippen LogP contribution in [-0.4, -0.2) is 19.6 Å². The Labute approximate surface area is 104 Å². The molecular weight excluding hydrogens is 249 g/mol. The molecule has 0 radical (unpaired) electrons. The Morgan fingerprint density at radius 3 is 2.81 bits per heavy atom. The van der Waals surface area contributed by atoms with Crippen molar-refractivity contribution in [1.29, 1.82) is 0 Å². The van der Waals surface area contributed by atoms with Gasteiger partial charge in [-0.2, -0.15) is 0 Å². The van der Waals surface area contributed by atoms with Gasteiger partial charge in [0.2, 0.25) is 5.91 Å². The zero-order valence-corrected chi connectivity index (χ0v) is 10.5. The Morgan fingerprint density at radius 2 is 2.12 bits per heavy atom. The first-order chi connectivity index (χ1) is 7.52. The summed E-state index contributed by atoms with van der Waals surface area (Å²) in [5.41, 5.74) is 0.656. The second kappa shape index (κ2) is 4.15. The fourth-order valence-corrected chi connectivity index (χ4v) is 2.02. The van der Waals surface area contributed by atoms with Crippen LogP contribution in [0.3, 0.4) is 0 Å². The van der Waals surface area contributed by atoms with E-state index >= 15 is 0 Å². The standard InChI is InChI=1S/C11H11Cl2NO2/c1-6-5-16-10-8(14(2)11(6)15)4-3-7(12)9(10)13/h3-4,6H,5H2,1-2H3. The average molecular weight is 260 g/mol. The molecule has 3 nitrogen and oxygen atoms in total. The smallest absolute Gasteiger partial charge is 0.233 e. The average Bonchev–Trinajstić information content (AvgIpc) is 2.37. The zero-order chi connectivity index (χ0) is 11.9. The first-order valence-corrected chi connectivity index (χ1v) is 5.66. The van der Waals surface area contributed by atoms with Crippen molar-refractivity contribution in [3.8, 4) is 5.75 Å². The highest BCUT2D eigenvalue weighted by Crippen LogP contribution is 2.41. The van der Waals surface area contributed by atoms with E-state index in [2.05, 4.69) is 0 Å². The van der Waals surface area contributed by atoms with E-state index in [1.165, 1.54) is 0 Å². The van der Waals surface area contributed by atoms with Crippen LogP contribution in [0.15, 0.2) is 12.1 Å². The molecule has 0 bridgehead atoms. The minimum Gasteiger partial charge on any atom is -0.489 e. The fourth-order valence-electron chi connectivity index (χ4n) is 1.65. The SMILES string of the molecule is CC1COc2c(ccc(Cl)c2Cl)N(C)C1=O. The van der Waals surface area contributed by atoms with Crippen LogP contribution >= 0.6 is 23.2 Å². The van der Waals surface area contributed by atoms with Crippen molar-refractivity contribution in [2.75, 3.05) is 18.6 Å². The Bertz CT molecular complexity index is 448. The molecule has 0 N–H and O–H groups in total. The van der Waals surface area contributed by atoms with E-state index in [4.69, 9.17) is 27.9 Å². The van der Waals surface area contributed by atoms with Crippen LogP contribution in [0.25, 0.3) is 0 Å². The molecule has 1 unspecified atom stereocenters. The highest BCUT2D eigenvalue weighted by atomic mass is 35.5. The summed E-state index contributed by atoms with van der Waals surface area (Å²) < 4.78 is 5.53. The summed E-state index contributed by atoms with van der Waals surface area (Å²) in [5, 5.41) is 0.781. The van der Waals surface area contributed by atoms with Crippen LogP contribution in [-0.2, 0) is 4.79 Å². The maximum atomic E-state index is 11.9. The number of benzene rings is 1. The number of rotatable bonds is 0. The monoisotopic (exact) mass is 259 g/mol. The molecule has 0 fully saturated rings. The van der Waals surface area contributed by atoms with E-state index in [-0.39, 0.29) is 11.8 Å². The van der Waals surface area contributed by atoms with Crippen molar-refractivity contribution in [2.24, 2.45) is 5.92 Å². The molecule has 0 aromatic heterocycles. The summed E-state index contributed by atoms with van der Waals surface area (Å²) >= 11 is 12.0. The normalized spacial score (nSPS) is 20.1. The second-order valence-electron chi connectivity index (χ2n) is 3.82. The minimum atomic E-state index is -0.188. The summed E-state index contributed by atoms with van der Waals surface area (Å²) in [6.45, 7) is 2.14. The number of carbonyl (C=O) groups is 1. The number of carbonyl (C=O) groups excluding carboxylic acids is 1. The number of anilines is 1. The molecule has 5 heteroatoms. The summed E-state index contributed by atoms with van der Waals surface area (Å²) in [6, 6.07) is 3.39. The van der Waals surface area contributed by atoms with Crippen LogP contribution in [0.1, 0.15) is 6.92 Å². The lowest BCUT2D eigenvalue weighted by molar-refractivity contribution is -0.122. The minimum absolute atomic E-state index is 0.0112. The van der Waals surface area contributed by atoms with Gasteiger partial charge in [-0.1, -0.05) is 30.1 Å². The predicted molar refractivity (Wildman–Crippen MR) is 64.5 cm³/mol. The van der Waals surface area contributed by atoms with Gasteiger partial charge in [0, 0.05) is 7.05 Å². The number of halogens is 2. The molecule has 1 aliphatic heterocycles. The summed E-state index contributed by atoms with van der Waals surface area (Å²) in [6.07, 6.45) is 0. The molecule has 0 saturated heterocycles. The topological polar surface area (TPSA) is 29.5 Å². The van der Waals surface area contributed by atoms with Crippen LogP contribution < -0.4 is 9.64 Å². The third-order valence-corrected chi connectivity index (χ3v) is 3.41. The van der Waals surface area contributed by atoms with Gasteiger partial charge >= 0.3 is 0 Å². The predicted octanol–water partition coefficient (Wildman–Crippen LogP) is 2.98. The Morgan fingerprint density at radius 1 is 1.44 bits per heavy atom. The number of hydrogen-bond acceptors (Lipinski definition) is 2. The Kier molecular flexibility index (Phi) is 3.00. The van der Waals surface area contributed by atoms with E-state index in [9.17, 15) is 4.79 Å². The molecule has 2 rings (SSSR count). The van der Waals surface area contributed by atoms with E-state index in [1.807, 2.05) is 6.92 Å². The molecule has 16 heavy (non-hydrogen) atoms. The second-order valence-corrected chi connectivity index (χ2v) is 4.60. The van der Waals surface area contributed by atoms with Crippen molar-refractivity contribution in [3.05, 3.63) is 22.2 Å². The van der Waals surface area contributed by atoms with Gasteiger partial charge in [-0.25, -0.2) is 0 Å². The summed E-state index contributed by atoms with van der Waals surface area (Å²) in [4.78, 5) is 13.4. The quantitative estimate of drug-likeness (QED) is 0.717. The van der Waals surface area contributed by atoms with Gasteiger partial charge in [0.1, 0.15) is 5.02 Å². The van der Waals surface area contributed by atoms with Crippen LogP contribution in [0.4, 0.5) is 5.69 Å². The molecule has 86 valence electrons. The zero-order valence-electron chi connectivity index (χ0n) is 8.96. The molecule has 1 heterocycles. The van der Waals surface area contributed by atoms with Crippen LogP contribution in [0.5, 0.6) is 5.75 Å². The number of nitrogens with zero attached hydrogens (tertiary/aromatic N) is 1. The number of amides is 1. The van der Waals surface area contributed by atoms with E-state index in [1.54, 1.807) is 24.1 Å². The molecule has 1 aromatic carbocycles. The third kappa shape index (κ3) is 1.74. The van der Waals surface area contributed by atoms with E-state index in [0.29, 0.717) is 28.1 Å². The Hall–Kier alpha value is -0.930. The first kappa shape index (κ1) is 11.6.